The predicted octanol–water partition coefficient (Wildman–Crippen LogP) is 3.27. The summed E-state index contributed by atoms with van der Waals surface area (Å²) >= 11 is 0. The summed E-state index contributed by atoms with van der Waals surface area (Å²) in [4.78, 5) is 4.07. The molecule has 4 heteroatoms. The third-order valence-corrected chi connectivity index (χ3v) is 2.85. The summed E-state index contributed by atoms with van der Waals surface area (Å²) in [6.07, 6.45) is 7.47. The Kier molecular flexibility index (Phi) is 5.99. The van der Waals surface area contributed by atoms with Crippen LogP contribution in [0.5, 0.6) is 5.88 Å². The van der Waals surface area contributed by atoms with Crippen LogP contribution in [-0.4, -0.2) is 11.1 Å². The number of rotatable bonds is 7. The van der Waals surface area contributed by atoms with Crippen LogP contribution >= 0.6 is 0 Å². The molecule has 0 saturated heterocycles. The van der Waals surface area contributed by atoms with Crippen molar-refractivity contribution in [2.45, 2.75) is 52.1 Å². The fourth-order valence-corrected chi connectivity index (χ4v) is 1.75. The second kappa shape index (κ2) is 7.54. The van der Waals surface area contributed by atoms with Gasteiger partial charge in [0.2, 0.25) is 5.88 Å². The molecule has 1 rings (SSSR count). The van der Waals surface area contributed by atoms with Gasteiger partial charge in [0, 0.05) is 6.20 Å². The molecular formula is C14H21N3O. The molecule has 18 heavy (non-hydrogen) atoms. The maximum atomic E-state index is 8.86. The van der Waals surface area contributed by atoms with Crippen molar-refractivity contribution < 1.29 is 4.74 Å². The lowest BCUT2D eigenvalue weighted by Crippen LogP contribution is -2.14. The Morgan fingerprint density at radius 3 is 2.89 bits per heavy atom. The average molecular weight is 247 g/mol. The Labute approximate surface area is 109 Å². The Morgan fingerprint density at radius 1 is 1.44 bits per heavy atom. The highest BCUT2D eigenvalue weighted by Crippen LogP contribution is 2.23. The van der Waals surface area contributed by atoms with Gasteiger partial charge in [-0.05, 0) is 25.8 Å². The summed E-state index contributed by atoms with van der Waals surface area (Å²) < 4.78 is 5.68. The van der Waals surface area contributed by atoms with Crippen molar-refractivity contribution in [3.05, 3.63) is 17.8 Å². The van der Waals surface area contributed by atoms with Gasteiger partial charge in [-0.25, -0.2) is 4.98 Å². The number of pyridine rings is 1. The highest BCUT2D eigenvalue weighted by atomic mass is 16.5. The maximum Gasteiger partial charge on any atom is 0.238 e. The number of ether oxygens (including phenoxy) is 1. The number of hydrogen-bond donors (Lipinski definition) is 1. The second-order valence-corrected chi connectivity index (χ2v) is 4.47. The van der Waals surface area contributed by atoms with E-state index in [4.69, 9.17) is 15.7 Å². The number of nitrogens with two attached hydrogens (primary N) is 1. The van der Waals surface area contributed by atoms with Crippen LogP contribution in [0.15, 0.2) is 12.3 Å². The minimum Gasteiger partial charge on any atom is -0.473 e. The minimum atomic E-state index is 0.0746. The van der Waals surface area contributed by atoms with E-state index in [-0.39, 0.29) is 6.10 Å². The Bertz CT molecular complexity index is 412. The zero-order valence-corrected chi connectivity index (χ0v) is 11.1. The standard InChI is InChI=1S/C14H21N3O/c1-3-4-5-6-7-11(2)18-14-13(16)12(10-15)8-9-17-14/h8-9,11H,3-7,16H2,1-2H3. The summed E-state index contributed by atoms with van der Waals surface area (Å²) in [6.45, 7) is 4.20. The molecular weight excluding hydrogens is 226 g/mol. The van der Waals surface area contributed by atoms with Crippen molar-refractivity contribution in [2.75, 3.05) is 5.73 Å². The molecule has 2 N–H and O–H groups in total. The topological polar surface area (TPSA) is 71.9 Å². The summed E-state index contributed by atoms with van der Waals surface area (Å²) in [6, 6.07) is 3.62. The molecule has 98 valence electrons. The molecule has 0 radical (unpaired) electrons. The van der Waals surface area contributed by atoms with Crippen molar-refractivity contribution in [2.24, 2.45) is 0 Å². The van der Waals surface area contributed by atoms with Crippen LogP contribution in [0.4, 0.5) is 5.69 Å². The fraction of sp³-hybridized carbons (Fsp3) is 0.571. The molecule has 1 heterocycles. The minimum absolute atomic E-state index is 0.0746. The molecule has 0 saturated carbocycles. The number of aromatic nitrogens is 1. The van der Waals surface area contributed by atoms with Gasteiger partial charge in [0.25, 0.3) is 0 Å². The molecule has 0 aromatic carbocycles. The Balaban J connectivity index is 2.49. The second-order valence-electron chi connectivity index (χ2n) is 4.47. The molecule has 0 aliphatic heterocycles. The molecule has 0 bridgehead atoms. The number of anilines is 1. The molecule has 1 aromatic rings. The highest BCUT2D eigenvalue weighted by molar-refractivity contribution is 5.59. The van der Waals surface area contributed by atoms with Crippen LogP contribution in [0.1, 0.15) is 51.5 Å². The van der Waals surface area contributed by atoms with Gasteiger partial charge >= 0.3 is 0 Å². The van der Waals surface area contributed by atoms with Gasteiger partial charge in [-0.1, -0.05) is 26.2 Å². The van der Waals surface area contributed by atoms with Crippen molar-refractivity contribution in [1.29, 1.82) is 5.26 Å². The van der Waals surface area contributed by atoms with E-state index in [2.05, 4.69) is 11.9 Å². The van der Waals surface area contributed by atoms with E-state index in [1.807, 2.05) is 13.0 Å². The molecule has 4 nitrogen and oxygen atoms in total. The quantitative estimate of drug-likeness (QED) is 0.750. The predicted molar refractivity (Wildman–Crippen MR) is 72.2 cm³/mol. The van der Waals surface area contributed by atoms with Crippen LogP contribution in [-0.2, 0) is 0 Å². The summed E-state index contributed by atoms with van der Waals surface area (Å²) in [5, 5.41) is 8.86. The molecule has 0 amide bonds. The molecule has 0 aliphatic rings. The third-order valence-electron chi connectivity index (χ3n) is 2.85. The number of nitrogens with zero attached hydrogens (tertiary/aromatic N) is 2. The monoisotopic (exact) mass is 247 g/mol. The van der Waals surface area contributed by atoms with Crippen LogP contribution in [0.25, 0.3) is 0 Å². The van der Waals surface area contributed by atoms with Crippen molar-refractivity contribution >= 4 is 5.69 Å². The summed E-state index contributed by atoms with van der Waals surface area (Å²) in [5.74, 6) is 0.372. The highest BCUT2D eigenvalue weighted by Gasteiger charge is 2.10. The Morgan fingerprint density at radius 2 is 2.22 bits per heavy atom. The first-order valence-electron chi connectivity index (χ1n) is 6.50. The van der Waals surface area contributed by atoms with Crippen LogP contribution in [0.3, 0.4) is 0 Å². The van der Waals surface area contributed by atoms with Crippen LogP contribution in [0, 0.1) is 11.3 Å². The van der Waals surface area contributed by atoms with Gasteiger partial charge in [-0.3, -0.25) is 0 Å². The van der Waals surface area contributed by atoms with Crippen molar-refractivity contribution in [3.8, 4) is 11.9 Å². The number of nitriles is 1. The molecule has 1 unspecified atom stereocenters. The lowest BCUT2D eigenvalue weighted by atomic mass is 10.1. The van der Waals surface area contributed by atoms with E-state index in [0.717, 1.165) is 12.8 Å². The fourth-order valence-electron chi connectivity index (χ4n) is 1.75. The zero-order chi connectivity index (χ0) is 13.4. The van der Waals surface area contributed by atoms with Crippen LogP contribution < -0.4 is 10.5 Å². The van der Waals surface area contributed by atoms with Crippen molar-refractivity contribution in [3.63, 3.8) is 0 Å². The first kappa shape index (κ1) is 14.3. The van der Waals surface area contributed by atoms with E-state index in [0.29, 0.717) is 17.1 Å². The molecule has 0 fully saturated rings. The summed E-state index contributed by atoms with van der Waals surface area (Å²) in [5.41, 5.74) is 6.56. The third kappa shape index (κ3) is 4.25. The number of unbranched alkanes of at least 4 members (excludes halogenated alkanes) is 3. The van der Waals surface area contributed by atoms with Gasteiger partial charge in [0.05, 0.1) is 11.7 Å². The summed E-state index contributed by atoms with van der Waals surface area (Å²) in [7, 11) is 0. The maximum absolute atomic E-state index is 8.86. The number of hydrogen-bond acceptors (Lipinski definition) is 4. The van der Waals surface area contributed by atoms with Gasteiger partial charge in [-0.15, -0.1) is 0 Å². The molecule has 1 aromatic heterocycles. The smallest absolute Gasteiger partial charge is 0.238 e. The van der Waals surface area contributed by atoms with Gasteiger partial charge in [-0.2, -0.15) is 5.26 Å². The Hall–Kier alpha value is -1.76. The van der Waals surface area contributed by atoms with E-state index in [1.54, 1.807) is 12.3 Å². The van der Waals surface area contributed by atoms with E-state index in [1.165, 1.54) is 19.3 Å². The van der Waals surface area contributed by atoms with E-state index >= 15 is 0 Å². The van der Waals surface area contributed by atoms with Crippen LogP contribution in [0.2, 0.25) is 0 Å². The first-order chi connectivity index (χ1) is 8.69. The van der Waals surface area contributed by atoms with E-state index in [9.17, 15) is 0 Å². The zero-order valence-electron chi connectivity index (χ0n) is 11.1. The lowest BCUT2D eigenvalue weighted by molar-refractivity contribution is 0.199. The van der Waals surface area contributed by atoms with Gasteiger partial charge in [0.15, 0.2) is 0 Å². The van der Waals surface area contributed by atoms with Gasteiger partial charge in [0.1, 0.15) is 11.8 Å². The van der Waals surface area contributed by atoms with E-state index < -0.39 is 0 Å². The normalized spacial score (nSPS) is 11.8. The SMILES string of the molecule is CCCCCCC(C)Oc1nccc(C#N)c1N. The molecule has 0 spiro atoms. The van der Waals surface area contributed by atoms with Gasteiger partial charge < -0.3 is 10.5 Å². The first-order valence-corrected chi connectivity index (χ1v) is 6.50. The molecule has 1 atom stereocenters. The number of nitrogen functional groups attached to an aromatic ring is 1. The average Bonchev–Trinajstić information content (AvgIpc) is 2.37. The van der Waals surface area contributed by atoms with Crippen molar-refractivity contribution in [1.82, 2.24) is 4.98 Å². The lowest BCUT2D eigenvalue weighted by Gasteiger charge is -2.15. The molecule has 0 aliphatic carbocycles. The largest absolute Gasteiger partial charge is 0.473 e.